The Hall–Kier alpha value is -1.74. The Bertz CT molecular complexity index is 575. The maximum Gasteiger partial charge on any atom is 0.237 e. The third kappa shape index (κ3) is 3.64. The first-order valence-electron chi connectivity index (χ1n) is 6.66. The number of benzene rings is 2. The molecule has 0 fully saturated rings. The van der Waals surface area contributed by atoms with Crippen molar-refractivity contribution in [3.63, 3.8) is 0 Å². The van der Waals surface area contributed by atoms with E-state index in [0.29, 0.717) is 0 Å². The molecule has 1 N–H and O–H groups in total. The van der Waals surface area contributed by atoms with Crippen LogP contribution in [-0.4, -0.2) is 11.2 Å². The molecule has 1 unspecified atom stereocenters. The summed E-state index contributed by atoms with van der Waals surface area (Å²) in [6.45, 7) is 5.95. The van der Waals surface area contributed by atoms with Crippen LogP contribution in [0.3, 0.4) is 0 Å². The van der Waals surface area contributed by atoms with E-state index in [1.807, 2.05) is 69.3 Å². The standard InChI is InChI=1S/C17H19NOS/c1-12-8-7-9-13(2)16(12)18-17(19)14(3)20-15-10-5-4-6-11-15/h4-11,14H,1-3H3,(H,18,19). The van der Waals surface area contributed by atoms with Crippen molar-refractivity contribution in [1.82, 2.24) is 0 Å². The first-order valence-corrected chi connectivity index (χ1v) is 7.54. The Morgan fingerprint density at radius 2 is 1.60 bits per heavy atom. The summed E-state index contributed by atoms with van der Waals surface area (Å²) >= 11 is 1.57. The summed E-state index contributed by atoms with van der Waals surface area (Å²) in [6.07, 6.45) is 0. The van der Waals surface area contributed by atoms with Gasteiger partial charge in [-0.25, -0.2) is 0 Å². The Kier molecular flexibility index (Phi) is 4.85. The normalized spacial score (nSPS) is 11.9. The molecule has 20 heavy (non-hydrogen) atoms. The van der Waals surface area contributed by atoms with Gasteiger partial charge in [0.1, 0.15) is 0 Å². The minimum Gasteiger partial charge on any atom is -0.325 e. The van der Waals surface area contributed by atoms with Gasteiger partial charge in [0.2, 0.25) is 5.91 Å². The molecule has 2 aromatic carbocycles. The first-order chi connectivity index (χ1) is 9.58. The number of amides is 1. The molecule has 0 spiro atoms. The molecule has 104 valence electrons. The number of carbonyl (C=O) groups is 1. The van der Waals surface area contributed by atoms with Crippen LogP contribution in [0.4, 0.5) is 5.69 Å². The van der Waals surface area contributed by atoms with Gasteiger partial charge < -0.3 is 5.32 Å². The third-order valence-electron chi connectivity index (χ3n) is 3.15. The topological polar surface area (TPSA) is 29.1 Å². The lowest BCUT2D eigenvalue weighted by Crippen LogP contribution is -2.23. The largest absolute Gasteiger partial charge is 0.325 e. The number of aryl methyl sites for hydroxylation is 2. The second-order valence-corrected chi connectivity index (χ2v) is 6.24. The van der Waals surface area contributed by atoms with Crippen LogP contribution < -0.4 is 5.32 Å². The Balaban J connectivity index is 2.05. The number of hydrogen-bond donors (Lipinski definition) is 1. The zero-order valence-corrected chi connectivity index (χ0v) is 12.8. The quantitative estimate of drug-likeness (QED) is 0.842. The summed E-state index contributed by atoms with van der Waals surface area (Å²) < 4.78 is 0. The fourth-order valence-electron chi connectivity index (χ4n) is 1.99. The summed E-state index contributed by atoms with van der Waals surface area (Å²) in [6, 6.07) is 16.0. The maximum absolute atomic E-state index is 12.3. The number of hydrogen-bond acceptors (Lipinski definition) is 2. The molecule has 0 aliphatic heterocycles. The molecule has 0 aliphatic rings. The molecule has 0 aromatic heterocycles. The van der Waals surface area contributed by atoms with Crippen LogP contribution in [0.15, 0.2) is 53.4 Å². The molecule has 0 heterocycles. The molecule has 3 heteroatoms. The van der Waals surface area contributed by atoms with Crippen LogP contribution in [0.1, 0.15) is 18.1 Å². The molecule has 0 saturated heterocycles. The molecule has 1 atom stereocenters. The summed E-state index contributed by atoms with van der Waals surface area (Å²) in [4.78, 5) is 13.4. The summed E-state index contributed by atoms with van der Waals surface area (Å²) in [7, 11) is 0. The van der Waals surface area contributed by atoms with Crippen LogP contribution in [0.5, 0.6) is 0 Å². The Morgan fingerprint density at radius 3 is 2.20 bits per heavy atom. The molecule has 0 aliphatic carbocycles. The van der Waals surface area contributed by atoms with Gasteiger partial charge >= 0.3 is 0 Å². The van der Waals surface area contributed by atoms with E-state index in [2.05, 4.69) is 5.32 Å². The van der Waals surface area contributed by atoms with Gasteiger partial charge in [0.15, 0.2) is 0 Å². The van der Waals surface area contributed by atoms with Crippen molar-refractivity contribution >= 4 is 23.4 Å². The molecule has 0 bridgehead atoms. The van der Waals surface area contributed by atoms with Gasteiger partial charge in [-0.05, 0) is 44.0 Å². The van der Waals surface area contributed by atoms with Crippen molar-refractivity contribution in [1.29, 1.82) is 0 Å². The summed E-state index contributed by atoms with van der Waals surface area (Å²) in [5.41, 5.74) is 3.11. The number of carbonyl (C=O) groups excluding carboxylic acids is 1. The van der Waals surface area contributed by atoms with Crippen molar-refractivity contribution in [3.05, 3.63) is 59.7 Å². The molecule has 2 aromatic rings. The minimum atomic E-state index is -0.128. The Labute approximate surface area is 124 Å². The molecule has 0 radical (unpaired) electrons. The van der Waals surface area contributed by atoms with Gasteiger partial charge in [0.05, 0.1) is 5.25 Å². The highest BCUT2D eigenvalue weighted by Gasteiger charge is 2.16. The van der Waals surface area contributed by atoms with Crippen LogP contribution in [0.25, 0.3) is 0 Å². The van der Waals surface area contributed by atoms with Crippen LogP contribution in [-0.2, 0) is 4.79 Å². The molecule has 1 amide bonds. The molecule has 2 nitrogen and oxygen atoms in total. The molecular weight excluding hydrogens is 266 g/mol. The number of rotatable bonds is 4. The van der Waals surface area contributed by atoms with Gasteiger partial charge in [0, 0.05) is 10.6 Å². The zero-order chi connectivity index (χ0) is 14.5. The number of anilines is 1. The van der Waals surface area contributed by atoms with E-state index in [4.69, 9.17) is 0 Å². The summed E-state index contributed by atoms with van der Waals surface area (Å²) in [5.74, 6) is 0.0382. The van der Waals surface area contributed by atoms with Gasteiger partial charge in [-0.2, -0.15) is 0 Å². The fourth-order valence-corrected chi connectivity index (χ4v) is 2.88. The lowest BCUT2D eigenvalue weighted by molar-refractivity contribution is -0.115. The molecule has 0 saturated carbocycles. The fraction of sp³-hybridized carbons (Fsp3) is 0.235. The minimum absolute atomic E-state index is 0.0382. The monoisotopic (exact) mass is 285 g/mol. The first kappa shape index (κ1) is 14.7. The predicted molar refractivity (Wildman–Crippen MR) is 86.3 cm³/mol. The van der Waals surface area contributed by atoms with E-state index in [9.17, 15) is 4.79 Å². The van der Waals surface area contributed by atoms with Gasteiger partial charge in [-0.3, -0.25) is 4.79 Å². The van der Waals surface area contributed by atoms with E-state index in [-0.39, 0.29) is 11.2 Å². The van der Waals surface area contributed by atoms with Crippen LogP contribution in [0.2, 0.25) is 0 Å². The highest BCUT2D eigenvalue weighted by Crippen LogP contribution is 2.25. The molecular formula is C17H19NOS. The van der Waals surface area contributed by atoms with E-state index >= 15 is 0 Å². The number of thioether (sulfide) groups is 1. The second-order valence-electron chi connectivity index (χ2n) is 4.83. The van der Waals surface area contributed by atoms with Crippen molar-refractivity contribution in [3.8, 4) is 0 Å². The van der Waals surface area contributed by atoms with Crippen molar-refractivity contribution in [2.75, 3.05) is 5.32 Å². The van der Waals surface area contributed by atoms with Crippen molar-refractivity contribution in [2.45, 2.75) is 30.9 Å². The van der Waals surface area contributed by atoms with Crippen molar-refractivity contribution < 1.29 is 4.79 Å². The number of para-hydroxylation sites is 1. The van der Waals surface area contributed by atoms with Gasteiger partial charge in [0.25, 0.3) is 0 Å². The summed E-state index contributed by atoms with van der Waals surface area (Å²) in [5, 5.41) is 2.91. The lowest BCUT2D eigenvalue weighted by atomic mass is 10.1. The van der Waals surface area contributed by atoms with Crippen LogP contribution >= 0.6 is 11.8 Å². The third-order valence-corrected chi connectivity index (χ3v) is 4.27. The number of nitrogens with one attached hydrogen (secondary N) is 1. The Morgan fingerprint density at radius 1 is 1.00 bits per heavy atom. The zero-order valence-electron chi connectivity index (χ0n) is 12.0. The highest BCUT2D eigenvalue weighted by atomic mass is 32.2. The van der Waals surface area contributed by atoms with Gasteiger partial charge in [-0.15, -0.1) is 11.8 Å². The molecule has 2 rings (SSSR count). The van der Waals surface area contributed by atoms with Crippen LogP contribution in [0, 0.1) is 13.8 Å². The lowest BCUT2D eigenvalue weighted by Gasteiger charge is -2.15. The van der Waals surface area contributed by atoms with E-state index in [0.717, 1.165) is 21.7 Å². The second kappa shape index (κ2) is 6.62. The smallest absolute Gasteiger partial charge is 0.237 e. The highest BCUT2D eigenvalue weighted by molar-refractivity contribution is 8.00. The van der Waals surface area contributed by atoms with E-state index in [1.165, 1.54) is 0 Å². The SMILES string of the molecule is Cc1cccc(C)c1NC(=O)C(C)Sc1ccccc1. The van der Waals surface area contributed by atoms with E-state index in [1.54, 1.807) is 11.8 Å². The predicted octanol–water partition coefficient (Wildman–Crippen LogP) is 4.42. The average Bonchev–Trinajstić information content (AvgIpc) is 2.44. The van der Waals surface area contributed by atoms with Crippen molar-refractivity contribution in [2.24, 2.45) is 0 Å². The maximum atomic E-state index is 12.3. The van der Waals surface area contributed by atoms with E-state index < -0.39 is 0 Å². The average molecular weight is 285 g/mol. The van der Waals surface area contributed by atoms with Gasteiger partial charge in [-0.1, -0.05) is 36.4 Å².